The molecule has 2 saturated heterocycles. The van der Waals surface area contributed by atoms with Crippen molar-refractivity contribution in [3.8, 4) is 0 Å². The normalized spacial score (nSPS) is 42.8. The fraction of sp³-hybridized carbons (Fsp3) is 0.960. The van der Waals surface area contributed by atoms with E-state index in [1.165, 1.54) is 6.92 Å². The van der Waals surface area contributed by atoms with Crippen LogP contribution in [0.15, 0.2) is 0 Å². The third-order valence-electron chi connectivity index (χ3n) is 7.97. The summed E-state index contributed by atoms with van der Waals surface area (Å²) in [5, 5.41) is 60.7. The van der Waals surface area contributed by atoms with Gasteiger partial charge in [0.05, 0.1) is 31.4 Å². The first-order chi connectivity index (χ1) is 19.4. The Hall–Kier alpha value is -1.09. The number of carbonyl (C=O) groups excluding carboxylic acids is 1. The number of nitrogens with two attached hydrogens (primary N) is 3. The number of hydrogen-bond acceptors (Lipinski definition) is 15. The summed E-state index contributed by atoms with van der Waals surface area (Å²) in [4.78, 5) is 12.5. The average molecular weight is 595 g/mol. The zero-order chi connectivity index (χ0) is 30.3. The molecule has 1 saturated carbocycles. The largest absolute Gasteiger partial charge is 0.395 e. The minimum absolute atomic E-state index is 0.0112. The second kappa shape index (κ2) is 15.6. The molecule has 41 heavy (non-hydrogen) atoms. The summed E-state index contributed by atoms with van der Waals surface area (Å²) in [5.41, 5.74) is 16.7. The van der Waals surface area contributed by atoms with E-state index < -0.39 is 72.7 Å². The van der Waals surface area contributed by atoms with Crippen LogP contribution < -0.4 is 33.2 Å². The molecule has 1 amide bonds. The van der Waals surface area contributed by atoms with Crippen molar-refractivity contribution < 1.29 is 49.3 Å². The van der Waals surface area contributed by atoms with E-state index in [0.29, 0.717) is 32.4 Å². The SMILES string of the molecule is CNC1C(O)C(OC2C(NC(=O)C(O)CN)CC(N)C(OC3CC(N)CCC(CNCCO)O3)C2O)OCC1(C)O. The first kappa shape index (κ1) is 34.4. The fourth-order valence-electron chi connectivity index (χ4n) is 5.70. The van der Waals surface area contributed by atoms with E-state index in [-0.39, 0.29) is 38.3 Å². The van der Waals surface area contributed by atoms with Crippen molar-refractivity contribution in [1.29, 1.82) is 0 Å². The number of hydrogen-bond donors (Lipinski definition) is 11. The number of aliphatic hydroxyl groups excluding tert-OH is 4. The highest BCUT2D eigenvalue weighted by molar-refractivity contribution is 5.81. The lowest BCUT2D eigenvalue weighted by atomic mass is 9.83. The van der Waals surface area contributed by atoms with Crippen LogP contribution in [0, 0.1) is 0 Å². The van der Waals surface area contributed by atoms with Crippen LogP contribution in [0.2, 0.25) is 0 Å². The van der Waals surface area contributed by atoms with E-state index in [1.54, 1.807) is 7.05 Å². The van der Waals surface area contributed by atoms with Gasteiger partial charge in [-0.2, -0.15) is 0 Å². The van der Waals surface area contributed by atoms with Gasteiger partial charge in [-0.15, -0.1) is 0 Å². The van der Waals surface area contributed by atoms with E-state index in [4.69, 9.17) is 41.3 Å². The predicted molar refractivity (Wildman–Crippen MR) is 145 cm³/mol. The summed E-state index contributed by atoms with van der Waals surface area (Å²) in [6.45, 7) is 1.89. The van der Waals surface area contributed by atoms with Gasteiger partial charge in [-0.3, -0.25) is 4.79 Å². The molecule has 3 rings (SSSR count). The smallest absolute Gasteiger partial charge is 0.250 e. The molecule has 13 atom stereocenters. The lowest BCUT2D eigenvalue weighted by Gasteiger charge is -2.48. The zero-order valence-electron chi connectivity index (χ0n) is 23.8. The summed E-state index contributed by atoms with van der Waals surface area (Å²) in [6.07, 6.45) is -7.01. The minimum Gasteiger partial charge on any atom is -0.395 e. The molecule has 13 unspecified atom stereocenters. The Morgan fingerprint density at radius 1 is 1.15 bits per heavy atom. The highest BCUT2D eigenvalue weighted by Crippen LogP contribution is 2.32. The summed E-state index contributed by atoms with van der Waals surface area (Å²) < 4.78 is 24.1. The molecule has 16 heteroatoms. The number of nitrogens with one attached hydrogen (secondary N) is 3. The van der Waals surface area contributed by atoms with Gasteiger partial charge in [0.25, 0.3) is 0 Å². The summed E-state index contributed by atoms with van der Waals surface area (Å²) in [7, 11) is 1.57. The van der Waals surface area contributed by atoms with Crippen molar-refractivity contribution in [3.63, 3.8) is 0 Å². The maximum atomic E-state index is 12.5. The first-order valence-corrected chi connectivity index (χ1v) is 14.3. The monoisotopic (exact) mass is 594 g/mol. The third-order valence-corrected chi connectivity index (χ3v) is 7.97. The molecule has 3 fully saturated rings. The number of likely N-dealkylation sites (N-methyl/N-ethyl adjacent to an activating group) is 1. The number of ether oxygens (including phenoxy) is 4. The minimum atomic E-state index is -1.49. The lowest BCUT2D eigenvalue weighted by molar-refractivity contribution is -0.305. The van der Waals surface area contributed by atoms with E-state index in [9.17, 15) is 25.2 Å². The van der Waals surface area contributed by atoms with E-state index in [0.717, 1.165) is 0 Å². The van der Waals surface area contributed by atoms with Crippen LogP contribution in [-0.4, -0.2) is 150 Å². The molecule has 0 aromatic heterocycles. The molecular formula is C25H50N6O10. The van der Waals surface area contributed by atoms with Gasteiger partial charge in [-0.25, -0.2) is 0 Å². The van der Waals surface area contributed by atoms with E-state index in [1.807, 2.05) is 0 Å². The molecule has 0 spiro atoms. The molecule has 0 bridgehead atoms. The van der Waals surface area contributed by atoms with Gasteiger partial charge in [0.2, 0.25) is 5.91 Å². The van der Waals surface area contributed by atoms with Gasteiger partial charge >= 0.3 is 0 Å². The lowest BCUT2D eigenvalue weighted by Crippen LogP contribution is -2.69. The second-order valence-electron chi connectivity index (χ2n) is 11.4. The molecular weight excluding hydrogens is 544 g/mol. The summed E-state index contributed by atoms with van der Waals surface area (Å²) in [6, 6.07) is -2.73. The highest BCUT2D eigenvalue weighted by atomic mass is 16.7. The van der Waals surface area contributed by atoms with Gasteiger partial charge in [-0.05, 0) is 33.2 Å². The topological polar surface area (TPSA) is 269 Å². The average Bonchev–Trinajstić information content (AvgIpc) is 3.10. The van der Waals surface area contributed by atoms with Gasteiger partial charge in [0.1, 0.15) is 36.1 Å². The van der Waals surface area contributed by atoms with Crippen LogP contribution in [0.3, 0.4) is 0 Å². The van der Waals surface area contributed by atoms with Crippen LogP contribution in [0.5, 0.6) is 0 Å². The van der Waals surface area contributed by atoms with Crippen molar-refractivity contribution in [1.82, 2.24) is 16.0 Å². The van der Waals surface area contributed by atoms with Crippen molar-refractivity contribution in [2.45, 2.75) is 112 Å². The van der Waals surface area contributed by atoms with Crippen LogP contribution in [-0.2, 0) is 23.7 Å². The van der Waals surface area contributed by atoms with E-state index in [2.05, 4.69) is 16.0 Å². The van der Waals surface area contributed by atoms with Gasteiger partial charge in [0, 0.05) is 38.1 Å². The maximum absolute atomic E-state index is 12.5. The van der Waals surface area contributed by atoms with Crippen LogP contribution in [0.1, 0.15) is 32.6 Å². The number of aliphatic hydroxyl groups is 5. The Bertz CT molecular complexity index is 815. The number of carbonyl (C=O) groups is 1. The molecule has 240 valence electrons. The van der Waals surface area contributed by atoms with Crippen LogP contribution in [0.4, 0.5) is 0 Å². The van der Waals surface area contributed by atoms with Crippen molar-refractivity contribution in [2.24, 2.45) is 17.2 Å². The number of rotatable bonds is 12. The summed E-state index contributed by atoms with van der Waals surface area (Å²) >= 11 is 0. The number of amides is 1. The van der Waals surface area contributed by atoms with Crippen LogP contribution in [0.25, 0.3) is 0 Å². The first-order valence-electron chi connectivity index (χ1n) is 14.3. The van der Waals surface area contributed by atoms with Crippen molar-refractivity contribution in [3.05, 3.63) is 0 Å². The maximum Gasteiger partial charge on any atom is 0.250 e. The molecule has 0 aromatic carbocycles. The molecule has 14 N–H and O–H groups in total. The molecule has 2 heterocycles. The predicted octanol–water partition coefficient (Wildman–Crippen LogP) is -5.49. The summed E-state index contributed by atoms with van der Waals surface area (Å²) in [5.74, 6) is -0.776. The van der Waals surface area contributed by atoms with E-state index >= 15 is 0 Å². The second-order valence-corrected chi connectivity index (χ2v) is 11.4. The van der Waals surface area contributed by atoms with Crippen molar-refractivity contribution in [2.75, 3.05) is 39.9 Å². The molecule has 1 aliphatic carbocycles. The Morgan fingerprint density at radius 2 is 1.88 bits per heavy atom. The van der Waals surface area contributed by atoms with Gasteiger partial charge in [0.15, 0.2) is 12.6 Å². The quantitative estimate of drug-likeness (QED) is 0.0941. The molecule has 0 aromatic rings. The Labute approximate surface area is 240 Å². The van der Waals surface area contributed by atoms with Crippen molar-refractivity contribution >= 4 is 5.91 Å². The fourth-order valence-corrected chi connectivity index (χ4v) is 5.70. The molecule has 16 nitrogen and oxygen atoms in total. The standard InChI is InChI=1S/C25H50N6O10/c1-25(37)11-38-24(19(35)22(25)29-2)41-21-15(31-23(36)16(33)9-26)8-14(28)20(18(21)34)40-17-7-12(27)3-4-13(39-17)10-30-5-6-32/h12-22,24,29-30,32-35,37H,3-11,26-28H2,1-2H3,(H,31,36). The zero-order valence-corrected chi connectivity index (χ0v) is 23.8. The molecule has 3 aliphatic rings. The van der Waals surface area contributed by atoms with Crippen LogP contribution >= 0.6 is 0 Å². The molecule has 2 aliphatic heterocycles. The molecule has 0 radical (unpaired) electrons. The highest BCUT2D eigenvalue weighted by Gasteiger charge is 2.51. The Kier molecular flexibility index (Phi) is 13.1. The van der Waals surface area contributed by atoms with Gasteiger partial charge < -0.3 is 77.6 Å². The van der Waals surface area contributed by atoms with Gasteiger partial charge in [-0.1, -0.05) is 0 Å². The Balaban J connectivity index is 1.79. The third kappa shape index (κ3) is 8.96. The Morgan fingerprint density at radius 3 is 2.54 bits per heavy atom.